The van der Waals surface area contributed by atoms with Crippen molar-refractivity contribution in [2.45, 2.75) is 70.9 Å². The molecule has 3 aromatic rings. The Balaban J connectivity index is 1.52. The van der Waals surface area contributed by atoms with E-state index in [-0.39, 0.29) is 10.8 Å². The molecule has 2 atom stereocenters. The van der Waals surface area contributed by atoms with Crippen LogP contribution in [0.3, 0.4) is 0 Å². The molecule has 37 heavy (non-hydrogen) atoms. The Morgan fingerprint density at radius 1 is 0.595 bits per heavy atom. The van der Waals surface area contributed by atoms with E-state index >= 15 is 0 Å². The van der Waals surface area contributed by atoms with Gasteiger partial charge in [-0.05, 0) is 46.2 Å². The average molecular weight is 503 g/mol. The van der Waals surface area contributed by atoms with Gasteiger partial charge in [0.2, 0.25) is 0 Å². The molecule has 1 saturated heterocycles. The first-order valence-electron chi connectivity index (χ1n) is 12.4. The maximum atomic E-state index is 13.2. The SMILES string of the molecule is CC(C)(C)c1ccc(OC(=O)[C@@H]2OC(c3ccccc3)O[C@H]2C(=O)Oc2ccc(C(C)(C)C)cc2)cc1. The smallest absolute Gasteiger partial charge is 0.344 e. The van der Waals surface area contributed by atoms with E-state index in [0.717, 1.165) is 11.1 Å². The lowest BCUT2D eigenvalue weighted by Crippen LogP contribution is -2.41. The van der Waals surface area contributed by atoms with E-state index in [4.69, 9.17) is 18.9 Å². The van der Waals surface area contributed by atoms with Gasteiger partial charge in [0.1, 0.15) is 11.5 Å². The molecule has 0 spiro atoms. The van der Waals surface area contributed by atoms with Crippen LogP contribution >= 0.6 is 0 Å². The molecule has 0 aliphatic carbocycles. The Morgan fingerprint density at radius 2 is 0.973 bits per heavy atom. The quantitative estimate of drug-likeness (QED) is 0.302. The van der Waals surface area contributed by atoms with Crippen LogP contribution in [0.4, 0.5) is 0 Å². The molecule has 0 aromatic heterocycles. The van der Waals surface area contributed by atoms with Crippen LogP contribution in [0, 0.1) is 0 Å². The highest BCUT2D eigenvalue weighted by Crippen LogP contribution is 2.34. The Labute approximate surface area is 218 Å². The van der Waals surface area contributed by atoms with E-state index in [1.54, 1.807) is 36.4 Å². The normalized spacial score (nSPS) is 18.4. The van der Waals surface area contributed by atoms with Gasteiger partial charge in [-0.3, -0.25) is 0 Å². The fraction of sp³-hybridized carbons (Fsp3) is 0.355. The van der Waals surface area contributed by atoms with Gasteiger partial charge in [0, 0.05) is 5.56 Å². The largest absolute Gasteiger partial charge is 0.425 e. The lowest BCUT2D eigenvalue weighted by molar-refractivity contribution is -0.153. The van der Waals surface area contributed by atoms with Crippen LogP contribution in [0.5, 0.6) is 11.5 Å². The van der Waals surface area contributed by atoms with Crippen LogP contribution in [-0.2, 0) is 29.9 Å². The molecule has 0 N–H and O–H groups in total. The van der Waals surface area contributed by atoms with Gasteiger partial charge in [-0.25, -0.2) is 9.59 Å². The Kier molecular flexibility index (Phi) is 7.53. The molecular formula is C31H34O6. The Bertz CT molecular complexity index is 1140. The van der Waals surface area contributed by atoms with Crippen LogP contribution in [0.25, 0.3) is 0 Å². The van der Waals surface area contributed by atoms with E-state index < -0.39 is 30.4 Å². The van der Waals surface area contributed by atoms with Crippen LogP contribution in [0.1, 0.15) is 64.5 Å². The molecule has 0 unspecified atom stereocenters. The molecule has 3 aromatic carbocycles. The molecule has 4 rings (SSSR count). The number of rotatable bonds is 5. The second-order valence-corrected chi connectivity index (χ2v) is 11.2. The van der Waals surface area contributed by atoms with Gasteiger partial charge >= 0.3 is 11.9 Å². The topological polar surface area (TPSA) is 71.1 Å². The van der Waals surface area contributed by atoms with Crippen molar-refractivity contribution in [2.75, 3.05) is 0 Å². The van der Waals surface area contributed by atoms with E-state index in [2.05, 4.69) is 41.5 Å². The number of carbonyl (C=O) groups is 2. The molecule has 1 heterocycles. The van der Waals surface area contributed by atoms with E-state index in [1.807, 2.05) is 42.5 Å². The van der Waals surface area contributed by atoms with Gasteiger partial charge in [0.05, 0.1) is 0 Å². The molecule has 1 aliphatic heterocycles. The summed E-state index contributed by atoms with van der Waals surface area (Å²) in [4.78, 5) is 26.3. The van der Waals surface area contributed by atoms with Crippen molar-refractivity contribution in [3.8, 4) is 11.5 Å². The van der Waals surface area contributed by atoms with Crippen molar-refractivity contribution in [1.82, 2.24) is 0 Å². The second-order valence-electron chi connectivity index (χ2n) is 11.2. The number of benzene rings is 3. The molecule has 0 bridgehead atoms. The molecule has 0 saturated carbocycles. The monoisotopic (exact) mass is 502 g/mol. The van der Waals surface area contributed by atoms with Crippen LogP contribution in [-0.4, -0.2) is 24.1 Å². The van der Waals surface area contributed by atoms with Gasteiger partial charge in [-0.15, -0.1) is 0 Å². The molecule has 6 nitrogen and oxygen atoms in total. The van der Waals surface area contributed by atoms with Gasteiger partial charge in [-0.1, -0.05) is 96.1 Å². The van der Waals surface area contributed by atoms with Crippen molar-refractivity contribution in [3.05, 3.63) is 95.6 Å². The van der Waals surface area contributed by atoms with Crippen LogP contribution in [0.15, 0.2) is 78.9 Å². The first-order valence-corrected chi connectivity index (χ1v) is 12.4. The highest BCUT2D eigenvalue weighted by molar-refractivity contribution is 5.88. The number of hydrogen-bond acceptors (Lipinski definition) is 6. The van der Waals surface area contributed by atoms with Crippen molar-refractivity contribution in [3.63, 3.8) is 0 Å². The summed E-state index contributed by atoms with van der Waals surface area (Å²) in [5, 5.41) is 0. The van der Waals surface area contributed by atoms with E-state index in [0.29, 0.717) is 17.1 Å². The fourth-order valence-corrected chi connectivity index (χ4v) is 3.96. The Morgan fingerprint density at radius 3 is 1.32 bits per heavy atom. The van der Waals surface area contributed by atoms with Gasteiger partial charge < -0.3 is 18.9 Å². The summed E-state index contributed by atoms with van der Waals surface area (Å²) in [6, 6.07) is 23.7. The molecule has 1 fully saturated rings. The van der Waals surface area contributed by atoms with Crippen LogP contribution < -0.4 is 9.47 Å². The van der Waals surface area contributed by atoms with Crippen molar-refractivity contribution in [1.29, 1.82) is 0 Å². The van der Waals surface area contributed by atoms with Gasteiger partial charge in [-0.2, -0.15) is 0 Å². The Hall–Kier alpha value is -3.48. The first kappa shape index (κ1) is 26.6. The van der Waals surface area contributed by atoms with Crippen molar-refractivity contribution < 1.29 is 28.5 Å². The minimum Gasteiger partial charge on any atom is -0.425 e. The summed E-state index contributed by atoms with van der Waals surface area (Å²) < 4.78 is 23.0. The van der Waals surface area contributed by atoms with E-state index in [9.17, 15) is 9.59 Å². The second kappa shape index (κ2) is 10.5. The minimum absolute atomic E-state index is 0.0339. The summed E-state index contributed by atoms with van der Waals surface area (Å²) in [5.41, 5.74) is 2.83. The highest BCUT2D eigenvalue weighted by Gasteiger charge is 2.48. The maximum absolute atomic E-state index is 13.2. The third-order valence-electron chi connectivity index (χ3n) is 6.23. The number of esters is 2. The summed E-state index contributed by atoms with van der Waals surface area (Å²) in [5.74, 6) is -0.747. The fourth-order valence-electron chi connectivity index (χ4n) is 3.96. The standard InChI is InChI=1S/C31H34O6/c1-30(2,3)21-12-16-23(17-13-21)34-27(32)25-26(37-29(36-25)20-10-8-7-9-11-20)28(33)35-24-18-14-22(15-19-24)31(4,5)6/h7-19,25-26,29H,1-6H3/t25-,26-/m1/s1. The third kappa shape index (κ3) is 6.45. The highest BCUT2D eigenvalue weighted by atomic mass is 16.8. The van der Waals surface area contributed by atoms with Gasteiger partial charge in [0.15, 0.2) is 18.5 Å². The van der Waals surface area contributed by atoms with Crippen molar-refractivity contribution in [2.24, 2.45) is 0 Å². The average Bonchev–Trinajstić information content (AvgIpc) is 3.30. The maximum Gasteiger partial charge on any atom is 0.344 e. The zero-order valence-corrected chi connectivity index (χ0v) is 22.2. The van der Waals surface area contributed by atoms with Crippen LogP contribution in [0.2, 0.25) is 0 Å². The third-order valence-corrected chi connectivity index (χ3v) is 6.23. The van der Waals surface area contributed by atoms with E-state index in [1.165, 1.54) is 0 Å². The summed E-state index contributed by atoms with van der Waals surface area (Å²) in [6.07, 6.45) is -3.51. The number of ether oxygens (including phenoxy) is 4. The van der Waals surface area contributed by atoms with Gasteiger partial charge in [0.25, 0.3) is 0 Å². The lowest BCUT2D eigenvalue weighted by atomic mass is 9.87. The summed E-state index contributed by atoms with van der Waals surface area (Å²) in [6.45, 7) is 12.6. The summed E-state index contributed by atoms with van der Waals surface area (Å²) in [7, 11) is 0. The van der Waals surface area contributed by atoms with Crippen molar-refractivity contribution >= 4 is 11.9 Å². The first-order chi connectivity index (χ1) is 17.4. The number of carbonyl (C=O) groups excluding carboxylic acids is 2. The molecular weight excluding hydrogens is 468 g/mol. The molecule has 6 heteroatoms. The summed E-state index contributed by atoms with van der Waals surface area (Å²) >= 11 is 0. The molecule has 0 amide bonds. The number of hydrogen-bond donors (Lipinski definition) is 0. The zero-order chi connectivity index (χ0) is 26.8. The molecule has 1 aliphatic rings. The predicted octanol–water partition coefficient (Wildman–Crippen LogP) is 6.28. The minimum atomic E-state index is -1.30. The molecule has 194 valence electrons. The molecule has 0 radical (unpaired) electrons. The zero-order valence-electron chi connectivity index (χ0n) is 22.2. The lowest BCUT2D eigenvalue weighted by Gasteiger charge is -2.20. The predicted molar refractivity (Wildman–Crippen MR) is 140 cm³/mol.